The zero-order valence-corrected chi connectivity index (χ0v) is 11.4. The predicted molar refractivity (Wildman–Crippen MR) is 73.2 cm³/mol. The van der Waals surface area contributed by atoms with Gasteiger partial charge >= 0.3 is 0 Å². The molecule has 0 heterocycles. The zero-order chi connectivity index (χ0) is 12.8. The van der Waals surface area contributed by atoms with Crippen molar-refractivity contribution in [2.75, 3.05) is 20.3 Å². The molecule has 0 unspecified atom stereocenters. The van der Waals surface area contributed by atoms with E-state index in [1.54, 1.807) is 0 Å². The van der Waals surface area contributed by atoms with Crippen LogP contribution in [0.2, 0.25) is 0 Å². The minimum absolute atomic E-state index is 0.757. The number of nitrogens with one attached hydrogen (secondary N) is 1. The molecule has 1 aliphatic rings. The summed E-state index contributed by atoms with van der Waals surface area (Å²) in [7, 11) is 1.95. The average Bonchev–Trinajstić information content (AvgIpc) is 3.20. The molecule has 100 valence electrons. The lowest BCUT2D eigenvalue weighted by Gasteiger charge is -2.13. The largest absolute Gasteiger partial charge is 0.493 e. The van der Waals surface area contributed by atoms with E-state index in [0.717, 1.165) is 43.6 Å². The molecule has 0 bridgehead atoms. The van der Waals surface area contributed by atoms with Crippen LogP contribution in [0.4, 0.5) is 0 Å². The first-order chi connectivity index (χ1) is 8.83. The van der Waals surface area contributed by atoms with Crippen LogP contribution in [0.1, 0.15) is 31.7 Å². The molecule has 18 heavy (non-hydrogen) atoms. The molecule has 1 aromatic rings. The summed E-state index contributed by atoms with van der Waals surface area (Å²) in [6, 6.07) is 6.13. The van der Waals surface area contributed by atoms with Gasteiger partial charge in [-0.3, -0.25) is 0 Å². The van der Waals surface area contributed by atoms with Crippen LogP contribution >= 0.6 is 0 Å². The molecule has 0 aliphatic heterocycles. The number of ether oxygens (including phenoxy) is 2. The molecule has 3 nitrogen and oxygen atoms in total. The van der Waals surface area contributed by atoms with Gasteiger partial charge in [0.2, 0.25) is 0 Å². The highest BCUT2D eigenvalue weighted by atomic mass is 16.5. The van der Waals surface area contributed by atoms with Crippen molar-refractivity contribution in [1.29, 1.82) is 0 Å². The Kier molecular flexibility index (Phi) is 4.88. The minimum Gasteiger partial charge on any atom is -0.493 e. The first-order valence-corrected chi connectivity index (χ1v) is 6.86. The van der Waals surface area contributed by atoms with Crippen LogP contribution in [0.5, 0.6) is 11.5 Å². The van der Waals surface area contributed by atoms with Gasteiger partial charge in [0, 0.05) is 18.2 Å². The molecule has 1 aromatic carbocycles. The van der Waals surface area contributed by atoms with Gasteiger partial charge in [-0.05, 0) is 38.3 Å². The second-order valence-electron chi connectivity index (χ2n) is 4.90. The molecule has 1 fully saturated rings. The Morgan fingerprint density at radius 1 is 1.28 bits per heavy atom. The zero-order valence-electron chi connectivity index (χ0n) is 11.4. The van der Waals surface area contributed by atoms with Crippen LogP contribution in [0.25, 0.3) is 0 Å². The summed E-state index contributed by atoms with van der Waals surface area (Å²) < 4.78 is 11.6. The molecule has 0 spiro atoms. The summed E-state index contributed by atoms with van der Waals surface area (Å²) in [6.45, 7) is 4.54. The average molecular weight is 249 g/mol. The van der Waals surface area contributed by atoms with Gasteiger partial charge in [-0.2, -0.15) is 0 Å². The van der Waals surface area contributed by atoms with E-state index in [1.165, 1.54) is 18.4 Å². The van der Waals surface area contributed by atoms with Crippen LogP contribution in [0, 0.1) is 5.92 Å². The SMILES string of the molecule is CCCOc1ccc(CNC)c(OCC2CC2)c1. The third-order valence-electron chi connectivity index (χ3n) is 3.05. The summed E-state index contributed by atoms with van der Waals surface area (Å²) in [5, 5.41) is 3.17. The van der Waals surface area contributed by atoms with Gasteiger partial charge < -0.3 is 14.8 Å². The van der Waals surface area contributed by atoms with E-state index >= 15 is 0 Å². The van der Waals surface area contributed by atoms with Gasteiger partial charge in [0.05, 0.1) is 13.2 Å². The van der Waals surface area contributed by atoms with Crippen molar-refractivity contribution in [3.63, 3.8) is 0 Å². The maximum absolute atomic E-state index is 5.91. The van der Waals surface area contributed by atoms with Crippen LogP contribution in [0.3, 0.4) is 0 Å². The highest BCUT2D eigenvalue weighted by Crippen LogP contribution is 2.31. The van der Waals surface area contributed by atoms with Crippen molar-refractivity contribution in [2.45, 2.75) is 32.7 Å². The highest BCUT2D eigenvalue weighted by Gasteiger charge is 2.22. The van der Waals surface area contributed by atoms with Gasteiger partial charge in [-0.25, -0.2) is 0 Å². The summed E-state index contributed by atoms with van der Waals surface area (Å²) >= 11 is 0. The molecule has 2 rings (SSSR count). The lowest BCUT2D eigenvalue weighted by molar-refractivity contribution is 0.288. The van der Waals surface area contributed by atoms with E-state index < -0.39 is 0 Å². The monoisotopic (exact) mass is 249 g/mol. The predicted octanol–water partition coefficient (Wildman–Crippen LogP) is 2.98. The molecule has 0 amide bonds. The van der Waals surface area contributed by atoms with Crippen molar-refractivity contribution in [3.05, 3.63) is 23.8 Å². The topological polar surface area (TPSA) is 30.5 Å². The molecule has 0 atom stereocenters. The van der Waals surface area contributed by atoms with Gasteiger partial charge in [0.25, 0.3) is 0 Å². The first-order valence-electron chi connectivity index (χ1n) is 6.86. The van der Waals surface area contributed by atoms with Gasteiger partial charge in [-0.15, -0.1) is 0 Å². The van der Waals surface area contributed by atoms with Gasteiger partial charge in [-0.1, -0.05) is 13.0 Å². The maximum Gasteiger partial charge on any atom is 0.127 e. The normalized spacial score (nSPS) is 14.6. The minimum atomic E-state index is 0.757. The molecule has 0 aromatic heterocycles. The van der Waals surface area contributed by atoms with Crippen LogP contribution in [0.15, 0.2) is 18.2 Å². The Morgan fingerprint density at radius 2 is 2.11 bits per heavy atom. The molecule has 1 N–H and O–H groups in total. The van der Waals surface area contributed by atoms with Gasteiger partial charge in [0.1, 0.15) is 11.5 Å². The quantitative estimate of drug-likeness (QED) is 0.768. The third kappa shape index (κ3) is 3.91. The summed E-state index contributed by atoms with van der Waals surface area (Å²) in [4.78, 5) is 0. The Balaban J connectivity index is 2.03. The Bertz CT molecular complexity index is 375. The van der Waals surface area contributed by atoms with E-state index in [1.807, 2.05) is 19.2 Å². The molecule has 0 radical (unpaired) electrons. The molecular weight excluding hydrogens is 226 g/mol. The van der Waals surface area contributed by atoms with Crippen molar-refractivity contribution in [2.24, 2.45) is 5.92 Å². The highest BCUT2D eigenvalue weighted by molar-refractivity contribution is 5.40. The number of benzene rings is 1. The van der Waals surface area contributed by atoms with E-state index in [0.29, 0.717) is 0 Å². The van der Waals surface area contributed by atoms with Crippen molar-refractivity contribution in [3.8, 4) is 11.5 Å². The first kappa shape index (κ1) is 13.2. The second-order valence-corrected chi connectivity index (χ2v) is 4.90. The van der Waals surface area contributed by atoms with E-state index in [2.05, 4.69) is 18.3 Å². The fourth-order valence-corrected chi connectivity index (χ4v) is 1.81. The Labute approximate surface area is 109 Å². The smallest absolute Gasteiger partial charge is 0.127 e. The lowest BCUT2D eigenvalue weighted by Crippen LogP contribution is -2.09. The molecule has 1 saturated carbocycles. The number of hydrogen-bond donors (Lipinski definition) is 1. The van der Waals surface area contributed by atoms with E-state index in [4.69, 9.17) is 9.47 Å². The van der Waals surface area contributed by atoms with Crippen molar-refractivity contribution >= 4 is 0 Å². The molecule has 1 aliphatic carbocycles. The fraction of sp³-hybridized carbons (Fsp3) is 0.600. The van der Waals surface area contributed by atoms with Crippen LogP contribution < -0.4 is 14.8 Å². The summed E-state index contributed by atoms with van der Waals surface area (Å²) in [5.41, 5.74) is 1.20. The van der Waals surface area contributed by atoms with Crippen LogP contribution in [-0.2, 0) is 6.54 Å². The van der Waals surface area contributed by atoms with E-state index in [-0.39, 0.29) is 0 Å². The van der Waals surface area contributed by atoms with E-state index in [9.17, 15) is 0 Å². The maximum atomic E-state index is 5.91. The summed E-state index contributed by atoms with van der Waals surface area (Å²) in [6.07, 6.45) is 3.65. The Hall–Kier alpha value is -1.22. The summed E-state index contributed by atoms with van der Waals surface area (Å²) in [5.74, 6) is 2.64. The van der Waals surface area contributed by atoms with Crippen molar-refractivity contribution < 1.29 is 9.47 Å². The third-order valence-corrected chi connectivity index (χ3v) is 3.05. The number of rotatable bonds is 8. The standard InChI is InChI=1S/C15H23NO2/c1-3-8-17-14-7-6-13(10-16-2)15(9-14)18-11-12-4-5-12/h6-7,9,12,16H,3-5,8,10-11H2,1-2H3. The molecular formula is C15H23NO2. The number of hydrogen-bond acceptors (Lipinski definition) is 3. The lowest BCUT2D eigenvalue weighted by atomic mass is 10.2. The van der Waals surface area contributed by atoms with Crippen molar-refractivity contribution in [1.82, 2.24) is 5.32 Å². The Morgan fingerprint density at radius 3 is 2.78 bits per heavy atom. The molecule has 0 saturated heterocycles. The van der Waals surface area contributed by atoms with Gasteiger partial charge in [0.15, 0.2) is 0 Å². The van der Waals surface area contributed by atoms with Crippen LogP contribution in [-0.4, -0.2) is 20.3 Å². The molecule has 3 heteroatoms. The second kappa shape index (κ2) is 6.64. The fourth-order valence-electron chi connectivity index (χ4n) is 1.81.